The number of amidine groups is 2. The van der Waals surface area contributed by atoms with Crippen LogP contribution in [0.4, 0.5) is 0 Å². The van der Waals surface area contributed by atoms with Crippen LogP contribution in [0, 0.1) is 10.8 Å². The fraction of sp³-hybridized carbons (Fsp3) is 0. The third-order valence-electron chi connectivity index (χ3n) is 3.92. The predicted molar refractivity (Wildman–Crippen MR) is 99.3 cm³/mol. The summed E-state index contributed by atoms with van der Waals surface area (Å²) in [6.07, 6.45) is 0. The molecule has 0 spiro atoms. The average molecular weight is 314 g/mol. The molecule has 0 aliphatic carbocycles. The van der Waals surface area contributed by atoms with Gasteiger partial charge < -0.3 is 11.5 Å². The Labute approximate surface area is 140 Å². The molecule has 0 saturated carbocycles. The molecule has 4 heteroatoms. The van der Waals surface area contributed by atoms with Gasteiger partial charge in [-0.1, -0.05) is 66.7 Å². The average Bonchev–Trinajstić information content (AvgIpc) is 2.61. The van der Waals surface area contributed by atoms with Crippen LogP contribution in [-0.4, -0.2) is 11.7 Å². The van der Waals surface area contributed by atoms with Gasteiger partial charge in [-0.05, 0) is 28.3 Å². The van der Waals surface area contributed by atoms with Gasteiger partial charge in [0.1, 0.15) is 11.7 Å². The lowest BCUT2D eigenvalue weighted by Crippen LogP contribution is -2.12. The van der Waals surface area contributed by atoms with Crippen LogP contribution < -0.4 is 11.5 Å². The van der Waals surface area contributed by atoms with Crippen molar-refractivity contribution < 1.29 is 0 Å². The van der Waals surface area contributed by atoms with Crippen LogP contribution in [0.25, 0.3) is 22.3 Å². The van der Waals surface area contributed by atoms with Gasteiger partial charge in [-0.2, -0.15) is 0 Å². The molecule has 0 aliphatic heterocycles. The zero-order valence-electron chi connectivity index (χ0n) is 13.1. The zero-order valence-corrected chi connectivity index (χ0v) is 13.1. The van der Waals surface area contributed by atoms with E-state index in [2.05, 4.69) is 0 Å². The number of nitrogens with two attached hydrogens (primary N) is 2. The van der Waals surface area contributed by atoms with Crippen molar-refractivity contribution in [3.8, 4) is 22.3 Å². The highest BCUT2D eigenvalue weighted by Crippen LogP contribution is 2.30. The van der Waals surface area contributed by atoms with Crippen LogP contribution in [0.1, 0.15) is 11.1 Å². The van der Waals surface area contributed by atoms with Crippen molar-refractivity contribution in [3.05, 3.63) is 83.9 Å². The van der Waals surface area contributed by atoms with E-state index in [1.165, 1.54) is 0 Å². The van der Waals surface area contributed by atoms with Crippen LogP contribution in [0.2, 0.25) is 0 Å². The van der Waals surface area contributed by atoms with E-state index < -0.39 is 0 Å². The van der Waals surface area contributed by atoms with E-state index in [0.29, 0.717) is 11.1 Å². The summed E-state index contributed by atoms with van der Waals surface area (Å²) in [5, 5.41) is 15.5. The monoisotopic (exact) mass is 314 g/mol. The van der Waals surface area contributed by atoms with Crippen LogP contribution in [-0.2, 0) is 0 Å². The van der Waals surface area contributed by atoms with E-state index in [4.69, 9.17) is 22.3 Å². The van der Waals surface area contributed by atoms with Gasteiger partial charge in [0.05, 0.1) is 0 Å². The highest BCUT2D eigenvalue weighted by Gasteiger charge is 2.10. The molecule has 0 heterocycles. The molecule has 0 fully saturated rings. The molecule has 0 aliphatic rings. The summed E-state index contributed by atoms with van der Waals surface area (Å²) in [4.78, 5) is 0. The van der Waals surface area contributed by atoms with Crippen molar-refractivity contribution in [2.24, 2.45) is 11.5 Å². The molecule has 0 amide bonds. The lowest BCUT2D eigenvalue weighted by atomic mass is 9.93. The highest BCUT2D eigenvalue weighted by atomic mass is 14.7. The first-order valence-electron chi connectivity index (χ1n) is 7.55. The van der Waals surface area contributed by atoms with Crippen LogP contribution in [0.3, 0.4) is 0 Å². The van der Waals surface area contributed by atoms with E-state index >= 15 is 0 Å². The maximum atomic E-state index is 7.77. The Morgan fingerprint density at radius 3 is 1.42 bits per heavy atom. The van der Waals surface area contributed by atoms with Gasteiger partial charge in [0, 0.05) is 11.1 Å². The molecule has 3 aromatic rings. The Hall–Kier alpha value is -3.40. The minimum Gasteiger partial charge on any atom is -0.384 e. The largest absolute Gasteiger partial charge is 0.384 e. The second-order valence-corrected chi connectivity index (χ2v) is 5.50. The Kier molecular flexibility index (Phi) is 4.12. The molecule has 0 radical (unpaired) electrons. The number of nitrogens with one attached hydrogen (secondary N) is 2. The molecule has 0 aromatic heterocycles. The second-order valence-electron chi connectivity index (χ2n) is 5.50. The van der Waals surface area contributed by atoms with Crippen LogP contribution in [0.5, 0.6) is 0 Å². The van der Waals surface area contributed by atoms with Gasteiger partial charge in [-0.15, -0.1) is 0 Å². The maximum Gasteiger partial charge on any atom is 0.123 e. The van der Waals surface area contributed by atoms with Crippen molar-refractivity contribution in [3.63, 3.8) is 0 Å². The Morgan fingerprint density at radius 1 is 0.583 bits per heavy atom. The molecular weight excluding hydrogens is 296 g/mol. The van der Waals surface area contributed by atoms with E-state index in [0.717, 1.165) is 22.3 Å². The summed E-state index contributed by atoms with van der Waals surface area (Å²) >= 11 is 0. The van der Waals surface area contributed by atoms with Crippen molar-refractivity contribution in [2.75, 3.05) is 0 Å². The van der Waals surface area contributed by atoms with E-state index in [-0.39, 0.29) is 11.7 Å². The van der Waals surface area contributed by atoms with Gasteiger partial charge in [0.2, 0.25) is 0 Å². The molecule has 24 heavy (non-hydrogen) atoms. The van der Waals surface area contributed by atoms with E-state index in [9.17, 15) is 0 Å². The smallest absolute Gasteiger partial charge is 0.123 e. The van der Waals surface area contributed by atoms with Crippen molar-refractivity contribution in [1.82, 2.24) is 0 Å². The van der Waals surface area contributed by atoms with Crippen molar-refractivity contribution >= 4 is 11.7 Å². The maximum absolute atomic E-state index is 7.77. The summed E-state index contributed by atoms with van der Waals surface area (Å²) in [6.45, 7) is 0. The normalized spacial score (nSPS) is 10.3. The first-order chi connectivity index (χ1) is 11.6. The standard InChI is InChI=1S/C20H18N4/c21-19(22)17-10-3-1-8-15(17)13-6-5-7-14(12-13)16-9-2-4-11-18(16)20(23)24/h1-12H,(H3,21,22)(H3,23,24). The molecule has 0 bridgehead atoms. The summed E-state index contributed by atoms with van der Waals surface area (Å²) < 4.78 is 0. The molecule has 3 rings (SSSR count). The Bertz CT molecular complexity index is 855. The first-order valence-corrected chi connectivity index (χ1v) is 7.55. The minimum atomic E-state index is 0.0418. The zero-order chi connectivity index (χ0) is 17.1. The number of benzene rings is 3. The lowest BCUT2D eigenvalue weighted by molar-refractivity contribution is 1.42. The number of hydrogen-bond acceptors (Lipinski definition) is 2. The minimum absolute atomic E-state index is 0.0418. The molecule has 0 saturated heterocycles. The second kappa shape index (κ2) is 6.38. The Balaban J connectivity index is 2.16. The quantitative estimate of drug-likeness (QED) is 0.437. The fourth-order valence-corrected chi connectivity index (χ4v) is 2.79. The summed E-state index contributed by atoms with van der Waals surface area (Å²) in [5.74, 6) is 0.0836. The van der Waals surface area contributed by atoms with Crippen molar-refractivity contribution in [1.29, 1.82) is 10.8 Å². The predicted octanol–water partition coefficient (Wildman–Crippen LogP) is 3.59. The van der Waals surface area contributed by atoms with Crippen LogP contribution in [0.15, 0.2) is 72.8 Å². The van der Waals surface area contributed by atoms with Gasteiger partial charge in [0.25, 0.3) is 0 Å². The van der Waals surface area contributed by atoms with E-state index in [1.807, 2.05) is 72.8 Å². The number of hydrogen-bond donors (Lipinski definition) is 4. The first kappa shape index (κ1) is 15.5. The summed E-state index contributed by atoms with van der Waals surface area (Å²) in [6, 6.07) is 23.1. The van der Waals surface area contributed by atoms with Crippen LogP contribution >= 0.6 is 0 Å². The van der Waals surface area contributed by atoms with Gasteiger partial charge >= 0.3 is 0 Å². The topological polar surface area (TPSA) is 99.7 Å². The van der Waals surface area contributed by atoms with Gasteiger partial charge in [-0.3, -0.25) is 10.8 Å². The molecule has 4 nitrogen and oxygen atoms in total. The highest BCUT2D eigenvalue weighted by molar-refractivity contribution is 6.03. The van der Waals surface area contributed by atoms with Crippen molar-refractivity contribution in [2.45, 2.75) is 0 Å². The molecule has 0 unspecified atom stereocenters. The van der Waals surface area contributed by atoms with Gasteiger partial charge in [-0.25, -0.2) is 0 Å². The lowest BCUT2D eigenvalue weighted by Gasteiger charge is -2.12. The summed E-state index contributed by atoms with van der Waals surface area (Å²) in [5.41, 5.74) is 16.6. The fourth-order valence-electron chi connectivity index (χ4n) is 2.79. The third kappa shape index (κ3) is 2.90. The van der Waals surface area contributed by atoms with E-state index in [1.54, 1.807) is 0 Å². The van der Waals surface area contributed by atoms with Gasteiger partial charge in [0.15, 0.2) is 0 Å². The molecule has 118 valence electrons. The number of nitrogen functional groups attached to an aromatic ring is 2. The molecule has 0 atom stereocenters. The number of rotatable bonds is 4. The molecular formula is C20H18N4. The third-order valence-corrected chi connectivity index (χ3v) is 3.92. The molecule has 3 aromatic carbocycles. The summed E-state index contributed by atoms with van der Waals surface area (Å²) in [7, 11) is 0. The SMILES string of the molecule is N=C(N)c1ccccc1-c1cccc(-c2ccccc2C(=N)N)c1. The Morgan fingerprint density at radius 2 is 1.00 bits per heavy atom. The molecule has 6 N–H and O–H groups in total.